The molecule has 23 heavy (non-hydrogen) atoms. The number of nitrogens with one attached hydrogen (secondary N) is 1. The molecule has 0 saturated heterocycles. The van der Waals surface area contributed by atoms with Gasteiger partial charge in [0.05, 0.1) is 11.9 Å². The third-order valence-corrected chi connectivity index (χ3v) is 3.08. The van der Waals surface area contributed by atoms with Crippen LogP contribution in [0.3, 0.4) is 0 Å². The van der Waals surface area contributed by atoms with Gasteiger partial charge in [-0.15, -0.1) is 0 Å². The number of aromatic nitrogens is 3. The van der Waals surface area contributed by atoms with Gasteiger partial charge in [0.15, 0.2) is 0 Å². The van der Waals surface area contributed by atoms with Crippen molar-refractivity contribution >= 4 is 5.91 Å². The van der Waals surface area contributed by atoms with Crippen LogP contribution in [0.25, 0.3) is 0 Å². The summed E-state index contributed by atoms with van der Waals surface area (Å²) in [5.41, 5.74) is -1.65. The van der Waals surface area contributed by atoms with Crippen molar-refractivity contribution < 1.29 is 18.0 Å². The van der Waals surface area contributed by atoms with E-state index in [0.29, 0.717) is 18.8 Å². The number of carbonyl (C=O) groups excluding carboxylic acids is 1. The van der Waals surface area contributed by atoms with Crippen LogP contribution in [0.5, 0.6) is 0 Å². The average molecular weight is 328 g/mol. The summed E-state index contributed by atoms with van der Waals surface area (Å²) in [6.45, 7) is 1.73. The zero-order valence-electron chi connectivity index (χ0n) is 12.2. The van der Waals surface area contributed by atoms with E-state index >= 15 is 0 Å². The van der Waals surface area contributed by atoms with Crippen LogP contribution < -0.4 is 10.9 Å². The second kappa shape index (κ2) is 6.67. The number of nitrogens with zero attached hydrogens (tertiary/aromatic N) is 3. The van der Waals surface area contributed by atoms with Gasteiger partial charge in [0, 0.05) is 37.2 Å². The fourth-order valence-electron chi connectivity index (χ4n) is 2.05. The zero-order chi connectivity index (χ0) is 17.0. The average Bonchev–Trinajstić information content (AvgIpc) is 2.92. The van der Waals surface area contributed by atoms with E-state index in [9.17, 15) is 22.8 Å². The summed E-state index contributed by atoms with van der Waals surface area (Å²) in [4.78, 5) is 27.3. The molecule has 0 fully saturated rings. The number of halogens is 3. The summed E-state index contributed by atoms with van der Waals surface area (Å²) in [5, 5.41) is 2.62. The smallest absolute Gasteiger partial charge is 0.350 e. The quantitative estimate of drug-likeness (QED) is 0.899. The molecule has 0 aliphatic heterocycles. The molecule has 0 aromatic carbocycles. The Bertz CT molecular complexity index is 722. The van der Waals surface area contributed by atoms with Crippen LogP contribution in [0.4, 0.5) is 13.2 Å². The molecule has 1 amide bonds. The number of alkyl halides is 3. The summed E-state index contributed by atoms with van der Waals surface area (Å²) in [6, 6.07) is 1.22. The predicted octanol–water partition coefficient (Wildman–Crippen LogP) is 1.27. The molecule has 1 N–H and O–H groups in total. The molecule has 6 nitrogen and oxygen atoms in total. The highest BCUT2D eigenvalue weighted by Crippen LogP contribution is 2.27. The molecule has 0 radical (unpaired) electrons. The van der Waals surface area contributed by atoms with Crippen molar-refractivity contribution in [1.29, 1.82) is 0 Å². The molecule has 0 saturated carbocycles. The minimum Gasteiger partial charge on any atom is -0.350 e. The topological polar surface area (TPSA) is 68.9 Å². The van der Waals surface area contributed by atoms with Crippen LogP contribution in [0.15, 0.2) is 41.8 Å². The van der Waals surface area contributed by atoms with E-state index < -0.39 is 29.8 Å². The van der Waals surface area contributed by atoms with Gasteiger partial charge in [-0.3, -0.25) is 9.59 Å². The Balaban J connectivity index is 2.01. The van der Waals surface area contributed by atoms with Gasteiger partial charge in [-0.25, -0.2) is 4.98 Å². The SMILES string of the molecule is C[C@H](Cn1ccnc1)NC(=O)Cn1cc(C(F)(F)F)ccc1=O. The van der Waals surface area contributed by atoms with E-state index in [2.05, 4.69) is 10.3 Å². The van der Waals surface area contributed by atoms with Crippen molar-refractivity contribution in [2.24, 2.45) is 0 Å². The third kappa shape index (κ3) is 4.70. The number of imidazole rings is 1. The molecule has 0 aliphatic rings. The van der Waals surface area contributed by atoms with E-state index in [1.165, 1.54) is 0 Å². The summed E-state index contributed by atoms with van der Waals surface area (Å²) in [7, 11) is 0. The number of hydrogen-bond acceptors (Lipinski definition) is 3. The van der Waals surface area contributed by atoms with Gasteiger partial charge in [0.25, 0.3) is 5.56 Å². The van der Waals surface area contributed by atoms with Gasteiger partial charge in [-0.05, 0) is 13.0 Å². The van der Waals surface area contributed by atoms with Crippen molar-refractivity contribution in [2.45, 2.75) is 32.2 Å². The predicted molar refractivity (Wildman–Crippen MR) is 75.5 cm³/mol. The highest BCUT2D eigenvalue weighted by molar-refractivity contribution is 5.76. The van der Waals surface area contributed by atoms with Gasteiger partial charge in [0.1, 0.15) is 6.54 Å². The van der Waals surface area contributed by atoms with Crippen molar-refractivity contribution in [3.63, 3.8) is 0 Å². The van der Waals surface area contributed by atoms with Crippen LogP contribution in [-0.2, 0) is 24.1 Å². The molecule has 2 aromatic heterocycles. The van der Waals surface area contributed by atoms with Crippen LogP contribution in [0, 0.1) is 0 Å². The molecule has 0 unspecified atom stereocenters. The minimum absolute atomic E-state index is 0.266. The first kappa shape index (κ1) is 16.8. The Hall–Kier alpha value is -2.58. The largest absolute Gasteiger partial charge is 0.417 e. The Kier molecular flexibility index (Phi) is 4.87. The maximum Gasteiger partial charge on any atom is 0.417 e. The lowest BCUT2D eigenvalue weighted by Gasteiger charge is -2.15. The van der Waals surface area contributed by atoms with Crippen LogP contribution in [-0.4, -0.2) is 26.1 Å². The fourth-order valence-corrected chi connectivity index (χ4v) is 2.05. The van der Waals surface area contributed by atoms with Gasteiger partial charge >= 0.3 is 6.18 Å². The summed E-state index contributed by atoms with van der Waals surface area (Å²) < 4.78 is 40.4. The first-order chi connectivity index (χ1) is 10.8. The lowest BCUT2D eigenvalue weighted by Crippen LogP contribution is -2.39. The molecule has 1 atom stereocenters. The Morgan fingerprint density at radius 3 is 2.74 bits per heavy atom. The molecule has 0 aliphatic carbocycles. The summed E-state index contributed by atoms with van der Waals surface area (Å²) >= 11 is 0. The number of pyridine rings is 1. The Morgan fingerprint density at radius 1 is 1.39 bits per heavy atom. The molecular formula is C14H15F3N4O2. The summed E-state index contributed by atoms with van der Waals surface area (Å²) in [6.07, 6.45) is 0.972. The first-order valence-corrected chi connectivity index (χ1v) is 6.78. The number of carbonyl (C=O) groups is 1. The Morgan fingerprint density at radius 2 is 2.13 bits per heavy atom. The van der Waals surface area contributed by atoms with E-state index in [4.69, 9.17) is 0 Å². The van der Waals surface area contributed by atoms with Crippen molar-refractivity contribution in [3.05, 3.63) is 53.0 Å². The van der Waals surface area contributed by atoms with Gasteiger partial charge in [-0.2, -0.15) is 13.2 Å². The molecule has 2 rings (SSSR count). The molecule has 0 bridgehead atoms. The molecule has 0 spiro atoms. The van der Waals surface area contributed by atoms with Crippen LogP contribution in [0.2, 0.25) is 0 Å². The number of amides is 1. The normalized spacial score (nSPS) is 12.9. The second-order valence-corrected chi connectivity index (χ2v) is 5.11. The zero-order valence-corrected chi connectivity index (χ0v) is 12.2. The van der Waals surface area contributed by atoms with E-state index in [0.717, 1.165) is 10.6 Å². The van der Waals surface area contributed by atoms with E-state index in [-0.39, 0.29) is 6.04 Å². The lowest BCUT2D eigenvalue weighted by atomic mass is 10.2. The van der Waals surface area contributed by atoms with Crippen molar-refractivity contribution in [2.75, 3.05) is 0 Å². The van der Waals surface area contributed by atoms with Crippen molar-refractivity contribution in [3.8, 4) is 0 Å². The van der Waals surface area contributed by atoms with Gasteiger partial charge < -0.3 is 14.5 Å². The highest BCUT2D eigenvalue weighted by Gasteiger charge is 2.31. The first-order valence-electron chi connectivity index (χ1n) is 6.78. The Labute approximate surface area is 129 Å². The van der Waals surface area contributed by atoms with Gasteiger partial charge in [-0.1, -0.05) is 0 Å². The lowest BCUT2D eigenvalue weighted by molar-refractivity contribution is -0.138. The molecule has 124 valence electrons. The maximum absolute atomic E-state index is 12.6. The summed E-state index contributed by atoms with van der Waals surface area (Å²) in [5.74, 6) is -0.543. The van der Waals surface area contributed by atoms with Crippen molar-refractivity contribution in [1.82, 2.24) is 19.4 Å². The fraction of sp³-hybridized carbons (Fsp3) is 0.357. The minimum atomic E-state index is -4.57. The number of hydrogen-bond donors (Lipinski definition) is 1. The van der Waals surface area contributed by atoms with Crippen LogP contribution in [0.1, 0.15) is 12.5 Å². The molecule has 2 aromatic rings. The monoisotopic (exact) mass is 328 g/mol. The number of rotatable bonds is 5. The standard InChI is InChI=1S/C14H15F3N4O2/c1-10(6-20-5-4-18-9-20)19-12(22)8-21-7-11(14(15,16)17)2-3-13(21)23/h2-5,7,9-10H,6,8H2,1H3,(H,19,22)/t10-/m1/s1. The third-order valence-electron chi connectivity index (χ3n) is 3.08. The van der Waals surface area contributed by atoms with E-state index in [1.54, 1.807) is 30.2 Å². The molecule has 9 heteroatoms. The molecular weight excluding hydrogens is 313 g/mol. The second-order valence-electron chi connectivity index (χ2n) is 5.11. The maximum atomic E-state index is 12.6. The van der Waals surface area contributed by atoms with Crippen LogP contribution >= 0.6 is 0 Å². The van der Waals surface area contributed by atoms with E-state index in [1.807, 2.05) is 0 Å². The van der Waals surface area contributed by atoms with Gasteiger partial charge in [0.2, 0.25) is 5.91 Å². The molecule has 2 heterocycles. The highest BCUT2D eigenvalue weighted by atomic mass is 19.4.